The van der Waals surface area contributed by atoms with Gasteiger partial charge in [-0.2, -0.15) is 0 Å². The minimum atomic E-state index is -0.0909. The molecule has 4 rings (SSSR count). The second kappa shape index (κ2) is 9.70. The van der Waals surface area contributed by atoms with Crippen molar-refractivity contribution in [1.82, 2.24) is 14.8 Å². The van der Waals surface area contributed by atoms with E-state index in [9.17, 15) is 4.79 Å². The fraction of sp³-hybridized carbons (Fsp3) is 0.160. The van der Waals surface area contributed by atoms with Gasteiger partial charge in [-0.05, 0) is 73.5 Å². The van der Waals surface area contributed by atoms with Crippen molar-refractivity contribution in [1.29, 1.82) is 0 Å². The highest BCUT2D eigenvalue weighted by atomic mass is 32.2. The molecule has 7 heteroatoms. The Morgan fingerprint density at radius 1 is 0.969 bits per heavy atom. The fourth-order valence-electron chi connectivity index (χ4n) is 3.25. The van der Waals surface area contributed by atoms with Gasteiger partial charge in [0.25, 0.3) is 0 Å². The first-order valence-electron chi connectivity index (χ1n) is 10.2. The SMILES string of the molecule is COc1ccc(-c2nnc(SCC(=O)Nc3ccc(C)c(C)c3)n2-c2ccccc2)cc1. The van der Waals surface area contributed by atoms with Crippen LogP contribution in [0.25, 0.3) is 17.1 Å². The van der Waals surface area contributed by atoms with Crippen molar-refractivity contribution in [2.75, 3.05) is 18.2 Å². The lowest BCUT2D eigenvalue weighted by molar-refractivity contribution is -0.113. The molecule has 0 saturated carbocycles. The Morgan fingerprint density at radius 2 is 1.72 bits per heavy atom. The topological polar surface area (TPSA) is 69.0 Å². The molecule has 0 saturated heterocycles. The molecule has 1 heterocycles. The van der Waals surface area contributed by atoms with Gasteiger partial charge >= 0.3 is 0 Å². The van der Waals surface area contributed by atoms with E-state index in [-0.39, 0.29) is 11.7 Å². The van der Waals surface area contributed by atoms with Crippen LogP contribution in [0.5, 0.6) is 5.75 Å². The molecule has 0 aliphatic carbocycles. The third kappa shape index (κ3) is 4.84. The summed E-state index contributed by atoms with van der Waals surface area (Å²) in [5.74, 6) is 1.61. The number of nitrogens with one attached hydrogen (secondary N) is 1. The Balaban J connectivity index is 1.57. The van der Waals surface area contributed by atoms with Gasteiger partial charge in [0.2, 0.25) is 5.91 Å². The molecule has 0 radical (unpaired) electrons. The number of carbonyl (C=O) groups excluding carboxylic acids is 1. The maximum Gasteiger partial charge on any atom is 0.234 e. The van der Waals surface area contributed by atoms with Gasteiger partial charge in [-0.25, -0.2) is 0 Å². The van der Waals surface area contributed by atoms with Crippen molar-refractivity contribution in [3.63, 3.8) is 0 Å². The van der Waals surface area contributed by atoms with Gasteiger partial charge in [-0.1, -0.05) is 36.0 Å². The average molecular weight is 445 g/mol. The summed E-state index contributed by atoms with van der Waals surface area (Å²) in [4.78, 5) is 12.6. The molecule has 0 spiro atoms. The normalized spacial score (nSPS) is 10.7. The van der Waals surface area contributed by atoms with Crippen molar-refractivity contribution in [2.24, 2.45) is 0 Å². The Hall–Kier alpha value is -3.58. The largest absolute Gasteiger partial charge is 0.497 e. The number of carbonyl (C=O) groups is 1. The van der Waals surface area contributed by atoms with Crippen LogP contribution in [0.3, 0.4) is 0 Å². The van der Waals surface area contributed by atoms with E-state index in [1.54, 1.807) is 7.11 Å². The number of methoxy groups -OCH3 is 1. The minimum absolute atomic E-state index is 0.0909. The highest BCUT2D eigenvalue weighted by molar-refractivity contribution is 7.99. The first-order chi connectivity index (χ1) is 15.5. The molecule has 3 aromatic carbocycles. The van der Waals surface area contributed by atoms with Crippen molar-refractivity contribution >= 4 is 23.4 Å². The Bertz CT molecular complexity index is 1220. The number of benzene rings is 3. The van der Waals surface area contributed by atoms with Crippen LogP contribution < -0.4 is 10.1 Å². The molecule has 32 heavy (non-hydrogen) atoms. The summed E-state index contributed by atoms with van der Waals surface area (Å²) in [5.41, 5.74) is 4.97. The molecule has 1 N–H and O–H groups in total. The van der Waals surface area contributed by atoms with Crippen LogP contribution in [0.15, 0.2) is 78.0 Å². The molecule has 6 nitrogen and oxygen atoms in total. The zero-order valence-electron chi connectivity index (χ0n) is 18.2. The van der Waals surface area contributed by atoms with Crippen molar-refractivity contribution in [3.8, 4) is 22.8 Å². The number of aromatic nitrogens is 3. The number of anilines is 1. The van der Waals surface area contributed by atoms with Gasteiger partial charge in [-0.15, -0.1) is 10.2 Å². The van der Waals surface area contributed by atoms with Gasteiger partial charge in [0.1, 0.15) is 5.75 Å². The van der Waals surface area contributed by atoms with Crippen LogP contribution in [-0.4, -0.2) is 33.5 Å². The number of hydrogen-bond donors (Lipinski definition) is 1. The lowest BCUT2D eigenvalue weighted by atomic mass is 10.1. The number of ether oxygens (including phenoxy) is 1. The second-order valence-corrected chi connectivity index (χ2v) is 8.28. The molecule has 0 aliphatic heterocycles. The van der Waals surface area contributed by atoms with E-state index in [4.69, 9.17) is 4.74 Å². The van der Waals surface area contributed by atoms with Gasteiger partial charge < -0.3 is 10.1 Å². The maximum atomic E-state index is 12.6. The quantitative estimate of drug-likeness (QED) is 0.392. The van der Waals surface area contributed by atoms with E-state index in [2.05, 4.69) is 15.5 Å². The summed E-state index contributed by atoms with van der Waals surface area (Å²) in [6.07, 6.45) is 0. The first-order valence-corrected chi connectivity index (χ1v) is 11.2. The summed E-state index contributed by atoms with van der Waals surface area (Å²) in [7, 11) is 1.64. The molecule has 0 aliphatic rings. The minimum Gasteiger partial charge on any atom is -0.497 e. The number of nitrogens with zero attached hydrogens (tertiary/aromatic N) is 3. The van der Waals surface area contributed by atoms with Crippen molar-refractivity contribution in [2.45, 2.75) is 19.0 Å². The highest BCUT2D eigenvalue weighted by Gasteiger charge is 2.17. The number of hydrogen-bond acceptors (Lipinski definition) is 5. The standard InChI is InChI=1S/C25H24N4O2S/c1-17-9-12-20(15-18(17)2)26-23(30)16-32-25-28-27-24(19-10-13-22(31-3)14-11-19)29(25)21-7-5-4-6-8-21/h4-15H,16H2,1-3H3,(H,26,30). The fourth-order valence-corrected chi connectivity index (χ4v) is 4.00. The predicted molar refractivity (Wildman–Crippen MR) is 129 cm³/mol. The molecule has 0 fully saturated rings. The van der Waals surface area contributed by atoms with E-state index in [0.717, 1.165) is 28.3 Å². The zero-order valence-corrected chi connectivity index (χ0v) is 19.0. The highest BCUT2D eigenvalue weighted by Crippen LogP contribution is 2.29. The average Bonchev–Trinajstić information content (AvgIpc) is 3.25. The first kappa shape index (κ1) is 21.6. The monoisotopic (exact) mass is 444 g/mol. The van der Waals surface area contributed by atoms with Crippen molar-refractivity contribution < 1.29 is 9.53 Å². The molecule has 4 aromatic rings. The number of thioether (sulfide) groups is 1. The number of aryl methyl sites for hydroxylation is 2. The van der Waals surface area contributed by atoms with E-state index < -0.39 is 0 Å². The van der Waals surface area contributed by atoms with Crippen LogP contribution in [-0.2, 0) is 4.79 Å². The van der Waals surface area contributed by atoms with Crippen LogP contribution in [0.4, 0.5) is 5.69 Å². The van der Waals surface area contributed by atoms with Crippen LogP contribution in [0, 0.1) is 13.8 Å². The lowest BCUT2D eigenvalue weighted by Gasteiger charge is -2.11. The van der Waals surface area contributed by atoms with Gasteiger partial charge in [0.15, 0.2) is 11.0 Å². The van der Waals surface area contributed by atoms with E-state index in [1.165, 1.54) is 17.3 Å². The number of amides is 1. The Labute approximate surface area is 191 Å². The van der Waals surface area contributed by atoms with Crippen molar-refractivity contribution in [3.05, 3.63) is 83.9 Å². The zero-order chi connectivity index (χ0) is 22.5. The van der Waals surface area contributed by atoms with Crippen LogP contribution in [0.2, 0.25) is 0 Å². The summed E-state index contributed by atoms with van der Waals surface area (Å²) in [5, 5.41) is 12.4. The van der Waals surface area contributed by atoms with E-state index >= 15 is 0 Å². The molecule has 0 atom stereocenters. The molecule has 0 bridgehead atoms. The summed E-state index contributed by atoms with van der Waals surface area (Å²) < 4.78 is 7.23. The molecular weight excluding hydrogens is 420 g/mol. The van der Waals surface area contributed by atoms with Gasteiger partial charge in [0, 0.05) is 16.9 Å². The van der Waals surface area contributed by atoms with Gasteiger partial charge in [0.05, 0.1) is 12.9 Å². The second-order valence-electron chi connectivity index (χ2n) is 7.34. The number of para-hydroxylation sites is 1. The molecule has 1 amide bonds. The smallest absolute Gasteiger partial charge is 0.234 e. The maximum absolute atomic E-state index is 12.6. The lowest BCUT2D eigenvalue weighted by Crippen LogP contribution is -2.14. The molecular formula is C25H24N4O2S. The predicted octanol–water partition coefficient (Wildman–Crippen LogP) is 5.29. The van der Waals surface area contributed by atoms with Crippen LogP contribution >= 0.6 is 11.8 Å². The Kier molecular flexibility index (Phi) is 6.56. The van der Waals surface area contributed by atoms with Gasteiger partial charge in [-0.3, -0.25) is 9.36 Å². The number of rotatable bonds is 7. The third-order valence-electron chi connectivity index (χ3n) is 5.12. The molecule has 162 valence electrons. The van der Waals surface area contributed by atoms with E-state index in [0.29, 0.717) is 11.0 Å². The summed E-state index contributed by atoms with van der Waals surface area (Å²) in [6, 6.07) is 23.5. The third-order valence-corrected chi connectivity index (χ3v) is 6.05. The molecule has 1 aromatic heterocycles. The summed E-state index contributed by atoms with van der Waals surface area (Å²) in [6.45, 7) is 4.08. The summed E-state index contributed by atoms with van der Waals surface area (Å²) >= 11 is 1.35. The Morgan fingerprint density at radius 3 is 2.41 bits per heavy atom. The van der Waals surface area contributed by atoms with E-state index in [1.807, 2.05) is 91.2 Å². The van der Waals surface area contributed by atoms with Crippen LogP contribution in [0.1, 0.15) is 11.1 Å². The molecule has 0 unspecified atom stereocenters.